The van der Waals surface area contributed by atoms with Gasteiger partial charge in [-0.05, 0) is 42.2 Å². The van der Waals surface area contributed by atoms with Crippen molar-refractivity contribution in [2.24, 2.45) is 0 Å². The Kier molecular flexibility index (Phi) is 6.14. The summed E-state index contributed by atoms with van der Waals surface area (Å²) in [5.41, 5.74) is 4.93. The van der Waals surface area contributed by atoms with Crippen LogP contribution < -0.4 is 5.32 Å². The molecule has 176 valence electrons. The Hall–Kier alpha value is -4.26. The fraction of sp³-hybridized carbons (Fsp3) is 0.179. The van der Waals surface area contributed by atoms with Crippen molar-refractivity contribution < 1.29 is 13.7 Å². The van der Waals surface area contributed by atoms with Gasteiger partial charge in [0.2, 0.25) is 5.82 Å². The molecule has 1 unspecified atom stereocenters. The maximum absolute atomic E-state index is 14.1. The van der Waals surface area contributed by atoms with E-state index in [9.17, 15) is 9.18 Å². The Morgan fingerprint density at radius 3 is 2.49 bits per heavy atom. The van der Waals surface area contributed by atoms with Gasteiger partial charge in [0.05, 0.1) is 18.2 Å². The number of rotatable bonds is 6. The summed E-state index contributed by atoms with van der Waals surface area (Å²) in [4.78, 5) is 19.5. The smallest absolute Gasteiger partial charge is 0.322 e. The average Bonchev–Trinajstić information content (AvgIpc) is 3.36. The van der Waals surface area contributed by atoms with Crippen molar-refractivity contribution in [3.8, 4) is 11.4 Å². The van der Waals surface area contributed by atoms with E-state index < -0.39 is 6.04 Å². The molecule has 3 aromatic carbocycles. The van der Waals surface area contributed by atoms with Gasteiger partial charge in [-0.3, -0.25) is 4.90 Å². The van der Waals surface area contributed by atoms with Crippen LogP contribution in [0.4, 0.5) is 9.18 Å². The number of halogens is 1. The monoisotopic (exact) mass is 468 g/mol. The highest BCUT2D eigenvalue weighted by molar-refractivity contribution is 5.86. The molecule has 5 rings (SSSR count). The lowest BCUT2D eigenvalue weighted by molar-refractivity contribution is 0.203. The minimum atomic E-state index is -0.638. The number of nitrogens with one attached hydrogen (secondary N) is 1. The third-order valence-electron chi connectivity index (χ3n) is 6.24. The van der Waals surface area contributed by atoms with Gasteiger partial charge in [0.15, 0.2) is 0 Å². The number of carbonyl (C=O) groups excluding carboxylic acids is 1. The maximum Gasteiger partial charge on any atom is 0.322 e. The van der Waals surface area contributed by atoms with Gasteiger partial charge in [0, 0.05) is 11.3 Å². The van der Waals surface area contributed by atoms with Gasteiger partial charge >= 0.3 is 6.03 Å². The second kappa shape index (κ2) is 9.54. The highest BCUT2D eigenvalue weighted by Crippen LogP contribution is 2.38. The van der Waals surface area contributed by atoms with Crippen LogP contribution in [-0.4, -0.2) is 21.1 Å². The Morgan fingerprint density at radius 2 is 1.77 bits per heavy atom. The number of aromatic nitrogens is 2. The number of hydrogen-bond donors (Lipinski definition) is 1. The molecule has 6 nitrogen and oxygen atoms in total. The predicted molar refractivity (Wildman–Crippen MR) is 131 cm³/mol. The van der Waals surface area contributed by atoms with Crippen LogP contribution in [0, 0.1) is 5.82 Å². The van der Waals surface area contributed by atoms with E-state index >= 15 is 0 Å². The molecule has 1 N–H and O–H groups in total. The van der Waals surface area contributed by atoms with Gasteiger partial charge in [-0.25, -0.2) is 9.18 Å². The van der Waals surface area contributed by atoms with Crippen molar-refractivity contribution in [1.29, 1.82) is 0 Å². The topological polar surface area (TPSA) is 71.3 Å². The molecular weight excluding hydrogens is 443 g/mol. The molecule has 1 aliphatic heterocycles. The zero-order valence-electron chi connectivity index (χ0n) is 19.5. The summed E-state index contributed by atoms with van der Waals surface area (Å²) in [5.74, 6) is 0.347. The molecule has 7 heteroatoms. The van der Waals surface area contributed by atoms with E-state index in [0.717, 1.165) is 17.5 Å². The largest absolute Gasteiger partial charge is 0.334 e. The van der Waals surface area contributed by atoms with Crippen LogP contribution in [-0.2, 0) is 13.0 Å². The average molecular weight is 469 g/mol. The molecule has 2 heterocycles. The number of nitrogens with zero attached hydrogens (tertiary/aromatic N) is 3. The van der Waals surface area contributed by atoms with E-state index in [1.165, 1.54) is 17.7 Å². The quantitative estimate of drug-likeness (QED) is 0.369. The van der Waals surface area contributed by atoms with Crippen molar-refractivity contribution in [3.63, 3.8) is 0 Å². The number of urea groups is 1. The molecule has 0 fully saturated rings. The lowest BCUT2D eigenvalue weighted by Gasteiger charge is -2.35. The minimum absolute atomic E-state index is 0.278. The molecular formula is C28H25FN4O2. The number of allylic oxidation sites excluding steroid dienone is 1. The molecule has 0 spiro atoms. The van der Waals surface area contributed by atoms with Gasteiger partial charge in [-0.15, -0.1) is 0 Å². The SMILES string of the molecule is CCc1ccc(-c2noc(C3=C(C)N(Cc4ccccc4)C(=O)NC3c3cccc(F)c3)n2)cc1. The summed E-state index contributed by atoms with van der Waals surface area (Å²) in [7, 11) is 0. The second-order valence-electron chi connectivity index (χ2n) is 8.48. The summed E-state index contributed by atoms with van der Waals surface area (Å²) >= 11 is 0. The van der Waals surface area contributed by atoms with Crippen molar-refractivity contribution in [2.75, 3.05) is 0 Å². The van der Waals surface area contributed by atoms with E-state index in [2.05, 4.69) is 22.4 Å². The summed E-state index contributed by atoms with van der Waals surface area (Å²) in [6.45, 7) is 4.32. The van der Waals surface area contributed by atoms with E-state index in [4.69, 9.17) is 4.52 Å². The first kappa shape index (κ1) is 22.5. The fourth-order valence-corrected chi connectivity index (χ4v) is 4.29. The zero-order chi connectivity index (χ0) is 24.4. The Morgan fingerprint density at radius 1 is 1.00 bits per heavy atom. The number of amides is 2. The first-order valence-electron chi connectivity index (χ1n) is 11.5. The number of hydrogen-bond acceptors (Lipinski definition) is 4. The molecule has 0 bridgehead atoms. The molecule has 1 atom stereocenters. The molecule has 0 saturated heterocycles. The van der Waals surface area contributed by atoms with Crippen LogP contribution in [0.15, 0.2) is 89.1 Å². The van der Waals surface area contributed by atoms with Gasteiger partial charge < -0.3 is 9.84 Å². The van der Waals surface area contributed by atoms with E-state index in [0.29, 0.717) is 29.2 Å². The summed E-state index contributed by atoms with van der Waals surface area (Å²) in [5, 5.41) is 7.21. The van der Waals surface area contributed by atoms with E-state index in [1.54, 1.807) is 17.0 Å². The lowest BCUT2D eigenvalue weighted by Crippen LogP contribution is -2.45. The molecule has 0 radical (unpaired) electrons. The van der Waals surface area contributed by atoms with Crippen LogP contribution in [0.2, 0.25) is 0 Å². The van der Waals surface area contributed by atoms with Gasteiger partial charge in [-0.1, -0.05) is 78.8 Å². The van der Waals surface area contributed by atoms with Crippen molar-refractivity contribution in [1.82, 2.24) is 20.4 Å². The summed E-state index contributed by atoms with van der Waals surface area (Å²) < 4.78 is 19.8. The Bertz CT molecular complexity index is 1380. The highest BCUT2D eigenvalue weighted by Gasteiger charge is 2.36. The van der Waals surface area contributed by atoms with Crippen LogP contribution in [0.3, 0.4) is 0 Å². The van der Waals surface area contributed by atoms with Crippen LogP contribution in [0.1, 0.15) is 42.5 Å². The Balaban J connectivity index is 1.58. The molecule has 0 aliphatic carbocycles. The molecule has 4 aromatic rings. The van der Waals surface area contributed by atoms with E-state index in [-0.39, 0.29) is 17.7 Å². The number of aryl methyl sites for hydroxylation is 1. The molecule has 1 aliphatic rings. The minimum Gasteiger partial charge on any atom is -0.334 e. The van der Waals surface area contributed by atoms with Gasteiger partial charge in [0.1, 0.15) is 5.82 Å². The maximum atomic E-state index is 14.1. The third-order valence-corrected chi connectivity index (χ3v) is 6.24. The van der Waals surface area contributed by atoms with Crippen molar-refractivity contribution >= 4 is 11.6 Å². The normalized spacial score (nSPS) is 15.9. The first-order chi connectivity index (χ1) is 17.0. The van der Waals surface area contributed by atoms with Crippen LogP contribution in [0.25, 0.3) is 17.0 Å². The fourth-order valence-electron chi connectivity index (χ4n) is 4.29. The first-order valence-corrected chi connectivity index (χ1v) is 11.5. The summed E-state index contributed by atoms with van der Waals surface area (Å²) in [6, 6.07) is 23.0. The standard InChI is InChI=1S/C28H25FN4O2/c1-3-19-12-14-21(15-13-19)26-31-27(35-32-26)24-18(2)33(17-20-8-5-4-6-9-20)28(34)30-25(24)22-10-7-11-23(29)16-22/h4-16,25H,3,17H2,1-2H3,(H,30,34). The highest BCUT2D eigenvalue weighted by atomic mass is 19.1. The molecule has 1 aromatic heterocycles. The summed E-state index contributed by atoms with van der Waals surface area (Å²) in [6.07, 6.45) is 0.941. The molecule has 35 heavy (non-hydrogen) atoms. The number of carbonyl (C=O) groups is 1. The van der Waals surface area contributed by atoms with Crippen LogP contribution >= 0.6 is 0 Å². The third kappa shape index (κ3) is 4.57. The van der Waals surface area contributed by atoms with Crippen molar-refractivity contribution in [2.45, 2.75) is 32.9 Å². The van der Waals surface area contributed by atoms with E-state index in [1.807, 2.05) is 61.5 Å². The van der Waals surface area contributed by atoms with Gasteiger partial charge in [-0.2, -0.15) is 4.98 Å². The van der Waals surface area contributed by atoms with Gasteiger partial charge in [0.25, 0.3) is 5.89 Å². The lowest BCUT2D eigenvalue weighted by atomic mass is 9.94. The number of benzene rings is 3. The predicted octanol–water partition coefficient (Wildman–Crippen LogP) is 6.14. The molecule has 0 saturated carbocycles. The molecule has 2 amide bonds. The zero-order valence-corrected chi connectivity index (χ0v) is 19.5. The Labute approximate surface area is 203 Å². The second-order valence-corrected chi connectivity index (χ2v) is 8.48. The van der Waals surface area contributed by atoms with Crippen LogP contribution in [0.5, 0.6) is 0 Å². The van der Waals surface area contributed by atoms with Crippen molar-refractivity contribution in [3.05, 3.63) is 113 Å².